The van der Waals surface area contributed by atoms with Crippen LogP contribution in [0.3, 0.4) is 0 Å². The molecule has 0 unspecified atom stereocenters. The number of para-hydroxylation sites is 2. The molecular weight excluding hydrogens is 278 g/mol. The Morgan fingerprint density at radius 2 is 2.21 bits per heavy atom. The van der Waals surface area contributed by atoms with Crippen molar-refractivity contribution in [1.29, 1.82) is 0 Å². The van der Waals surface area contributed by atoms with Gasteiger partial charge < -0.3 is 10.1 Å². The highest BCUT2D eigenvalue weighted by Crippen LogP contribution is 2.31. The van der Waals surface area contributed by atoms with Gasteiger partial charge in [-0.3, -0.25) is 0 Å². The monoisotopic (exact) mass is 293 g/mol. The molecule has 100 valence electrons. The summed E-state index contributed by atoms with van der Waals surface area (Å²) in [5.41, 5.74) is 2.01. The van der Waals surface area contributed by atoms with Crippen molar-refractivity contribution in [3.05, 3.63) is 36.4 Å². The summed E-state index contributed by atoms with van der Waals surface area (Å²) in [6, 6.07) is 7.72. The Morgan fingerprint density at radius 1 is 1.42 bits per heavy atom. The highest BCUT2D eigenvalue weighted by molar-refractivity contribution is 8.01. The molecule has 0 saturated carbocycles. The highest BCUT2D eigenvalue weighted by Gasteiger charge is 2.07. The van der Waals surface area contributed by atoms with Gasteiger partial charge in [-0.1, -0.05) is 47.4 Å². The van der Waals surface area contributed by atoms with Crippen molar-refractivity contribution in [2.75, 3.05) is 18.2 Å². The van der Waals surface area contributed by atoms with Gasteiger partial charge in [-0.15, -0.1) is 10.2 Å². The van der Waals surface area contributed by atoms with Crippen molar-refractivity contribution < 1.29 is 4.74 Å². The number of rotatable bonds is 6. The van der Waals surface area contributed by atoms with E-state index < -0.39 is 0 Å². The zero-order chi connectivity index (χ0) is 13.7. The van der Waals surface area contributed by atoms with Gasteiger partial charge in [-0.05, 0) is 19.1 Å². The van der Waals surface area contributed by atoms with Crippen LogP contribution in [-0.4, -0.2) is 23.1 Å². The fourth-order valence-corrected chi connectivity index (χ4v) is 2.97. The molecule has 0 aliphatic rings. The lowest BCUT2D eigenvalue weighted by Gasteiger charge is -2.07. The molecular formula is C13H15N3OS2. The maximum absolute atomic E-state index is 5.28. The first kappa shape index (κ1) is 13.9. The Hall–Kier alpha value is -1.53. The third-order valence-corrected chi connectivity index (χ3v) is 4.40. The molecule has 0 radical (unpaired) electrons. The first-order valence-electron chi connectivity index (χ1n) is 5.70. The van der Waals surface area contributed by atoms with Crippen molar-refractivity contribution in [2.45, 2.75) is 11.3 Å². The number of thioether (sulfide) groups is 1. The molecule has 6 heteroatoms. The minimum atomic E-state index is 0.758. The van der Waals surface area contributed by atoms with Gasteiger partial charge in [0.25, 0.3) is 0 Å². The SMILES string of the molecule is C=C(C)CSc1nnc(Nc2ccccc2OC)s1. The lowest BCUT2D eigenvalue weighted by atomic mass is 10.3. The van der Waals surface area contributed by atoms with Crippen molar-refractivity contribution in [2.24, 2.45) is 0 Å². The number of aromatic nitrogens is 2. The highest BCUT2D eigenvalue weighted by atomic mass is 32.2. The molecule has 1 aromatic heterocycles. The van der Waals surface area contributed by atoms with E-state index in [1.54, 1.807) is 18.9 Å². The topological polar surface area (TPSA) is 47.0 Å². The average molecular weight is 293 g/mol. The first-order chi connectivity index (χ1) is 9.19. The summed E-state index contributed by atoms with van der Waals surface area (Å²) in [5, 5.41) is 12.2. The Labute approximate surface area is 120 Å². The van der Waals surface area contributed by atoms with Crippen LogP contribution in [0.25, 0.3) is 0 Å². The van der Waals surface area contributed by atoms with Crippen LogP contribution in [0.15, 0.2) is 40.8 Å². The van der Waals surface area contributed by atoms with Gasteiger partial charge in [-0.2, -0.15) is 0 Å². The second kappa shape index (κ2) is 6.58. The summed E-state index contributed by atoms with van der Waals surface area (Å²) in [4.78, 5) is 0. The fraction of sp³-hybridized carbons (Fsp3) is 0.231. The number of anilines is 2. The predicted octanol–water partition coefficient (Wildman–Crippen LogP) is 3.96. The number of hydrogen-bond donors (Lipinski definition) is 1. The average Bonchev–Trinajstić information content (AvgIpc) is 2.85. The van der Waals surface area contributed by atoms with Gasteiger partial charge in [-0.25, -0.2) is 0 Å². The standard InChI is InChI=1S/C13H15N3OS2/c1-9(2)8-18-13-16-15-12(19-13)14-10-6-4-5-7-11(10)17-3/h4-7H,1,8H2,2-3H3,(H,14,15). The van der Waals surface area contributed by atoms with Crippen LogP contribution in [-0.2, 0) is 0 Å². The summed E-state index contributed by atoms with van der Waals surface area (Å²) in [6.45, 7) is 5.87. The molecule has 0 saturated heterocycles. The number of hydrogen-bond acceptors (Lipinski definition) is 6. The Bertz CT molecular complexity index is 569. The lowest BCUT2D eigenvalue weighted by molar-refractivity contribution is 0.417. The van der Waals surface area contributed by atoms with E-state index in [1.165, 1.54) is 11.3 Å². The summed E-state index contributed by atoms with van der Waals surface area (Å²) in [5.74, 6) is 1.65. The largest absolute Gasteiger partial charge is 0.495 e. The van der Waals surface area contributed by atoms with Gasteiger partial charge in [0.15, 0.2) is 4.34 Å². The van der Waals surface area contributed by atoms with Gasteiger partial charge in [0.2, 0.25) is 5.13 Å². The maximum Gasteiger partial charge on any atom is 0.210 e. The number of methoxy groups -OCH3 is 1. The first-order valence-corrected chi connectivity index (χ1v) is 7.50. The molecule has 0 atom stereocenters. The molecule has 4 nitrogen and oxygen atoms in total. The molecule has 0 amide bonds. The fourth-order valence-electron chi connectivity index (χ4n) is 1.37. The smallest absolute Gasteiger partial charge is 0.210 e. The predicted molar refractivity (Wildman–Crippen MR) is 81.7 cm³/mol. The number of nitrogens with one attached hydrogen (secondary N) is 1. The third-order valence-electron chi connectivity index (χ3n) is 2.20. The number of nitrogens with zero attached hydrogens (tertiary/aromatic N) is 2. The Kier molecular flexibility index (Phi) is 4.81. The minimum absolute atomic E-state index is 0.758. The Balaban J connectivity index is 2.05. The number of ether oxygens (including phenoxy) is 1. The van der Waals surface area contributed by atoms with E-state index in [0.29, 0.717) is 0 Å². The zero-order valence-corrected chi connectivity index (χ0v) is 12.5. The number of benzene rings is 1. The van der Waals surface area contributed by atoms with E-state index in [2.05, 4.69) is 22.1 Å². The van der Waals surface area contributed by atoms with Crippen LogP contribution in [0.2, 0.25) is 0 Å². The molecule has 0 bridgehead atoms. The lowest BCUT2D eigenvalue weighted by Crippen LogP contribution is -1.93. The van der Waals surface area contributed by atoms with Gasteiger partial charge in [0, 0.05) is 5.75 Å². The summed E-state index contributed by atoms with van der Waals surface area (Å²) < 4.78 is 6.21. The van der Waals surface area contributed by atoms with Crippen LogP contribution in [0.4, 0.5) is 10.8 Å². The van der Waals surface area contributed by atoms with Crippen LogP contribution < -0.4 is 10.1 Å². The quantitative estimate of drug-likeness (QED) is 0.645. The molecule has 0 fully saturated rings. The van der Waals surface area contributed by atoms with E-state index in [9.17, 15) is 0 Å². The van der Waals surface area contributed by atoms with Gasteiger partial charge in [0.05, 0.1) is 12.8 Å². The maximum atomic E-state index is 5.28. The van der Waals surface area contributed by atoms with E-state index in [1.807, 2.05) is 31.2 Å². The van der Waals surface area contributed by atoms with Crippen molar-refractivity contribution in [3.8, 4) is 5.75 Å². The molecule has 19 heavy (non-hydrogen) atoms. The van der Waals surface area contributed by atoms with Crippen LogP contribution in [0.1, 0.15) is 6.92 Å². The molecule has 1 N–H and O–H groups in total. The summed E-state index contributed by atoms with van der Waals surface area (Å²) in [6.07, 6.45) is 0. The summed E-state index contributed by atoms with van der Waals surface area (Å²) in [7, 11) is 1.65. The molecule has 1 heterocycles. The molecule has 0 spiro atoms. The molecule has 0 aliphatic heterocycles. The van der Waals surface area contributed by atoms with E-state index in [0.717, 1.165) is 32.2 Å². The zero-order valence-electron chi connectivity index (χ0n) is 10.8. The van der Waals surface area contributed by atoms with Crippen LogP contribution in [0, 0.1) is 0 Å². The van der Waals surface area contributed by atoms with Crippen molar-refractivity contribution in [1.82, 2.24) is 10.2 Å². The van der Waals surface area contributed by atoms with Crippen molar-refractivity contribution >= 4 is 33.9 Å². The van der Waals surface area contributed by atoms with E-state index in [-0.39, 0.29) is 0 Å². The van der Waals surface area contributed by atoms with Crippen LogP contribution in [0.5, 0.6) is 5.75 Å². The van der Waals surface area contributed by atoms with Gasteiger partial charge in [0.1, 0.15) is 5.75 Å². The Morgan fingerprint density at radius 3 is 2.95 bits per heavy atom. The third kappa shape index (κ3) is 3.97. The van der Waals surface area contributed by atoms with E-state index in [4.69, 9.17) is 4.74 Å². The molecule has 2 aromatic rings. The summed E-state index contributed by atoms with van der Waals surface area (Å²) >= 11 is 3.17. The normalized spacial score (nSPS) is 10.2. The van der Waals surface area contributed by atoms with Gasteiger partial charge >= 0.3 is 0 Å². The van der Waals surface area contributed by atoms with Crippen molar-refractivity contribution in [3.63, 3.8) is 0 Å². The minimum Gasteiger partial charge on any atom is -0.495 e. The molecule has 0 aliphatic carbocycles. The van der Waals surface area contributed by atoms with E-state index >= 15 is 0 Å². The second-order valence-electron chi connectivity index (χ2n) is 3.94. The molecule has 2 rings (SSSR count). The molecule has 1 aromatic carbocycles. The second-order valence-corrected chi connectivity index (χ2v) is 6.14. The van der Waals surface area contributed by atoms with Crippen LogP contribution >= 0.6 is 23.1 Å².